The second kappa shape index (κ2) is 17.1. The summed E-state index contributed by atoms with van der Waals surface area (Å²) in [6.45, 7) is 10.1. The molecule has 3 unspecified atom stereocenters. The largest absolute Gasteiger partial charge is 0.449 e. The van der Waals surface area contributed by atoms with Gasteiger partial charge in [0.25, 0.3) is 8.53 Å². The lowest BCUT2D eigenvalue weighted by Crippen LogP contribution is -2.36. The van der Waals surface area contributed by atoms with E-state index in [9.17, 15) is 4.79 Å². The van der Waals surface area contributed by atoms with Gasteiger partial charge in [-0.2, -0.15) is 5.26 Å². The Morgan fingerprint density at radius 3 is 2.53 bits per heavy atom. The van der Waals surface area contributed by atoms with Gasteiger partial charge in [0, 0.05) is 38.1 Å². The number of aliphatic hydroxyl groups is 1. The second-order valence-electron chi connectivity index (χ2n) is 9.82. The molecule has 0 aromatic heterocycles. The Morgan fingerprint density at radius 1 is 1.22 bits per heavy atom. The highest BCUT2D eigenvalue weighted by molar-refractivity contribution is 7.44. The molecule has 0 spiro atoms. The van der Waals surface area contributed by atoms with Crippen molar-refractivity contribution in [3.63, 3.8) is 0 Å². The maximum Gasteiger partial charge on any atom is 0.407 e. The molecule has 2 rings (SSSR count). The van der Waals surface area contributed by atoms with Gasteiger partial charge >= 0.3 is 6.09 Å². The molecule has 0 bridgehead atoms. The summed E-state index contributed by atoms with van der Waals surface area (Å²) in [5.41, 5.74) is 0. The Labute approximate surface area is 219 Å². The van der Waals surface area contributed by atoms with Gasteiger partial charge in [0.05, 0.1) is 38.9 Å². The number of ether oxygens (including phenoxy) is 2. The van der Waals surface area contributed by atoms with E-state index in [2.05, 4.69) is 60.7 Å². The number of amides is 1. The number of nitrogens with one attached hydrogen (secondary N) is 1. The lowest BCUT2D eigenvalue weighted by Gasteiger charge is -2.37. The summed E-state index contributed by atoms with van der Waals surface area (Å²) in [7, 11) is -1.46. The Hall–Kier alpha value is -1.45. The highest BCUT2D eigenvalue weighted by atomic mass is 31.2. The average molecular weight is 527 g/mol. The van der Waals surface area contributed by atoms with Crippen LogP contribution in [0, 0.1) is 40.9 Å². The van der Waals surface area contributed by atoms with Gasteiger partial charge in [-0.3, -0.25) is 0 Å². The fourth-order valence-corrected chi connectivity index (χ4v) is 6.30. The van der Waals surface area contributed by atoms with Crippen LogP contribution < -0.4 is 5.32 Å². The van der Waals surface area contributed by atoms with E-state index in [0.717, 1.165) is 25.7 Å². The van der Waals surface area contributed by atoms with Crippen molar-refractivity contribution in [2.45, 2.75) is 84.4 Å². The number of nitrogens with zero attached hydrogens (tertiary/aromatic N) is 2. The number of alkyl carbamates (subject to hydrolysis) is 1. The lowest BCUT2D eigenvalue weighted by atomic mass is 10.1. The number of aliphatic hydroxyl groups excluding tert-OH is 1. The molecule has 9 nitrogen and oxygen atoms in total. The van der Waals surface area contributed by atoms with Crippen LogP contribution in [0.5, 0.6) is 0 Å². The predicted octanol–water partition coefficient (Wildman–Crippen LogP) is 4.21. The fourth-order valence-electron chi connectivity index (χ4n) is 4.62. The number of nitriles is 1. The molecule has 2 N–H and O–H groups in total. The number of hydrogen-bond acceptors (Lipinski definition) is 8. The van der Waals surface area contributed by atoms with Gasteiger partial charge in [0.2, 0.25) is 1.43 Å². The fraction of sp³-hybridized carbons (Fsp3) is 0.846. The molecule has 10 heteroatoms. The van der Waals surface area contributed by atoms with Crippen molar-refractivity contribution in [2.24, 2.45) is 17.8 Å². The average Bonchev–Trinajstić information content (AvgIpc) is 3.48. The summed E-state index contributed by atoms with van der Waals surface area (Å²) in [6, 6.07) is 2.42. The van der Waals surface area contributed by atoms with Crippen molar-refractivity contribution in [3.8, 4) is 17.9 Å². The second-order valence-corrected chi connectivity index (χ2v) is 11.2. The zero-order valence-corrected chi connectivity index (χ0v) is 23.1. The summed E-state index contributed by atoms with van der Waals surface area (Å²) in [5.74, 6) is 8.18. The van der Waals surface area contributed by atoms with Crippen LogP contribution in [0.1, 0.15) is 66.2 Å². The van der Waals surface area contributed by atoms with E-state index in [-0.39, 0.29) is 44.4 Å². The van der Waals surface area contributed by atoms with Crippen LogP contribution >= 0.6 is 8.53 Å². The summed E-state index contributed by atoms with van der Waals surface area (Å²) in [5, 5.41) is 16.2. The third-order valence-corrected chi connectivity index (χ3v) is 8.55. The minimum atomic E-state index is -1.46. The van der Waals surface area contributed by atoms with Crippen LogP contribution in [0.4, 0.5) is 4.79 Å². The normalized spacial score (nSPS) is 22.9. The first-order valence-corrected chi connectivity index (χ1v) is 14.3. The summed E-state index contributed by atoms with van der Waals surface area (Å²) in [4.78, 5) is 12.1. The van der Waals surface area contributed by atoms with Crippen molar-refractivity contribution >= 4 is 14.6 Å². The van der Waals surface area contributed by atoms with Gasteiger partial charge in [0.15, 0.2) is 0 Å². The van der Waals surface area contributed by atoms with E-state index in [1.165, 1.54) is 0 Å². The number of carbonyl (C=O) groups excluding carboxylic acids is 1. The van der Waals surface area contributed by atoms with Crippen molar-refractivity contribution in [1.82, 2.24) is 9.99 Å². The van der Waals surface area contributed by atoms with Crippen LogP contribution in [0.3, 0.4) is 0 Å². The molecule has 0 radical (unpaired) electrons. The molecule has 36 heavy (non-hydrogen) atoms. The molecule has 2 aliphatic carbocycles. The molecule has 0 aliphatic heterocycles. The highest BCUT2D eigenvalue weighted by Crippen LogP contribution is 2.52. The first-order valence-electron chi connectivity index (χ1n) is 13.6. The molecular weight excluding hydrogens is 481 g/mol. The van der Waals surface area contributed by atoms with Crippen LogP contribution in [0.25, 0.3) is 0 Å². The maximum absolute atomic E-state index is 12.1. The molecule has 0 heterocycles. The smallest absolute Gasteiger partial charge is 0.407 e. The molecule has 0 aromatic rings. The molecule has 5 atom stereocenters. The van der Waals surface area contributed by atoms with E-state index < -0.39 is 14.6 Å². The monoisotopic (exact) mass is 526 g/mol. The zero-order valence-electron chi connectivity index (χ0n) is 23.2. The van der Waals surface area contributed by atoms with Crippen molar-refractivity contribution < 1.29 is 28.4 Å². The standard InChI is InChI=1S/C26H44N3O6P/c1-20(2)29(21(3)4)36(34-16-9-13-27)35-22(17-30)18-32-15-10-14-28-26(31)33-19-25-23-11-7-5-6-8-12-24(23)25/h20-25,30H,7-12,14-19H2,1-4H3,(H,28,31)/t22?,23-,24+,25?,36?/i30D. The van der Waals surface area contributed by atoms with Gasteiger partial charge in [-0.05, 0) is 64.7 Å². The first kappa shape index (κ1) is 29.1. The van der Waals surface area contributed by atoms with E-state index >= 15 is 0 Å². The molecule has 1 fully saturated rings. The van der Waals surface area contributed by atoms with Crippen LogP contribution in [-0.2, 0) is 18.5 Å². The Balaban J connectivity index is 1.65. The molecule has 1 saturated carbocycles. The Kier molecular flexibility index (Phi) is 13.9. The van der Waals surface area contributed by atoms with Crippen LogP contribution in [0.2, 0.25) is 0 Å². The number of carbonyl (C=O) groups is 1. The van der Waals surface area contributed by atoms with E-state index in [1.54, 1.807) is 0 Å². The maximum atomic E-state index is 12.1. The van der Waals surface area contributed by atoms with E-state index in [0.29, 0.717) is 43.9 Å². The lowest BCUT2D eigenvalue weighted by molar-refractivity contribution is 0.00950. The van der Waals surface area contributed by atoms with Crippen molar-refractivity contribution in [2.75, 3.05) is 39.6 Å². The molecule has 204 valence electrons. The number of hydrogen-bond donors (Lipinski definition) is 2. The van der Waals surface area contributed by atoms with Crippen molar-refractivity contribution in [1.29, 1.82) is 6.69 Å². The van der Waals surface area contributed by atoms with Gasteiger partial charge in [-0.15, -0.1) is 11.8 Å². The third-order valence-electron chi connectivity index (χ3n) is 6.37. The van der Waals surface area contributed by atoms with Crippen LogP contribution in [0.15, 0.2) is 0 Å². The molecule has 2 aliphatic rings. The summed E-state index contributed by atoms with van der Waals surface area (Å²) in [6.07, 6.45) is 4.14. The summed E-state index contributed by atoms with van der Waals surface area (Å²) >= 11 is 0. The molecular formula is C26H44N3O6P. The van der Waals surface area contributed by atoms with Crippen LogP contribution in [-0.4, -0.2) is 75.1 Å². The third kappa shape index (κ3) is 10.9. The quantitative estimate of drug-likeness (QED) is 0.155. The van der Waals surface area contributed by atoms with E-state index in [1.807, 2.05) is 0 Å². The topological polar surface area (TPSA) is 113 Å². The minimum absolute atomic E-state index is 0.0321. The van der Waals surface area contributed by atoms with Gasteiger partial charge in [-0.25, -0.2) is 9.46 Å². The molecule has 0 saturated heterocycles. The highest BCUT2D eigenvalue weighted by Gasteiger charge is 2.49. The minimum Gasteiger partial charge on any atom is -0.449 e. The first-order chi connectivity index (χ1) is 17.9. The van der Waals surface area contributed by atoms with Gasteiger partial charge in [0.1, 0.15) is 6.10 Å². The zero-order chi connectivity index (χ0) is 27.0. The number of fused-ring (bicyclic) bond motifs is 1. The van der Waals surface area contributed by atoms with Gasteiger partial charge in [-0.1, -0.05) is 0 Å². The summed E-state index contributed by atoms with van der Waals surface area (Å²) < 4.78 is 32.6. The number of rotatable bonds is 18. The SMILES string of the molecule is [2H]OCC(COCCCNC(=O)OCC1[C@H]2CCC#CCC[C@@H]12)OP(OCCC#N)N(C(C)C)C(C)C. The van der Waals surface area contributed by atoms with Gasteiger partial charge < -0.3 is 28.9 Å². The van der Waals surface area contributed by atoms with Crippen molar-refractivity contribution in [3.05, 3.63) is 0 Å². The predicted molar refractivity (Wildman–Crippen MR) is 139 cm³/mol. The van der Waals surface area contributed by atoms with E-state index in [4.69, 9.17) is 25.2 Å². The molecule has 0 aromatic carbocycles. The Bertz CT molecular complexity index is 746. The molecule has 1 amide bonds. The Morgan fingerprint density at radius 2 is 1.92 bits per heavy atom.